The number of hydrogen-bond donors (Lipinski definition) is 0. The van der Waals surface area contributed by atoms with Gasteiger partial charge in [-0.25, -0.2) is 0 Å². The van der Waals surface area contributed by atoms with Gasteiger partial charge >= 0.3 is 6.01 Å². The molecular formula is C21H25N5O2. The van der Waals surface area contributed by atoms with Gasteiger partial charge in [-0.3, -0.25) is 9.78 Å². The fourth-order valence-electron chi connectivity index (χ4n) is 3.73. The van der Waals surface area contributed by atoms with Gasteiger partial charge in [-0.15, -0.1) is 0 Å². The van der Waals surface area contributed by atoms with Crippen LogP contribution in [-0.2, 0) is 6.42 Å². The van der Waals surface area contributed by atoms with Crippen molar-refractivity contribution < 1.29 is 9.32 Å². The summed E-state index contributed by atoms with van der Waals surface area (Å²) in [4.78, 5) is 25.5. The average Bonchev–Trinajstić information content (AvgIpc) is 3.21. The molecule has 1 aromatic carbocycles. The fraction of sp³-hybridized carbons (Fsp3) is 0.429. The van der Waals surface area contributed by atoms with Crippen LogP contribution in [0, 0.1) is 5.92 Å². The molecule has 1 aliphatic rings. The molecule has 2 aromatic heterocycles. The topological polar surface area (TPSA) is 75.4 Å². The van der Waals surface area contributed by atoms with Crippen LogP contribution in [0.25, 0.3) is 10.8 Å². The molecule has 1 aliphatic heterocycles. The van der Waals surface area contributed by atoms with Crippen molar-refractivity contribution >= 4 is 22.7 Å². The number of anilines is 1. The lowest BCUT2D eigenvalue weighted by Gasteiger charge is -2.31. The minimum absolute atomic E-state index is 0.0315. The number of pyridine rings is 1. The maximum absolute atomic E-state index is 13.0. The Labute approximate surface area is 164 Å². The molecule has 3 aromatic rings. The minimum atomic E-state index is 0.0315. The summed E-state index contributed by atoms with van der Waals surface area (Å²) in [6.45, 7) is 1.53. The SMILES string of the molecule is CN(C)c1nc(CCC2CCN(C(=O)c3nccc4ccccc34)CC2)no1. The Balaban J connectivity index is 1.34. The standard InChI is InChI=1S/C21H25N5O2/c1-25(2)21-23-18(24-28-21)8-7-15-10-13-26(14-11-15)20(27)19-17-6-4-3-5-16(17)9-12-22-19/h3-6,9,12,15H,7-8,10-11,13-14H2,1-2H3. The van der Waals surface area contributed by atoms with E-state index in [0.29, 0.717) is 17.6 Å². The molecule has 0 aliphatic carbocycles. The van der Waals surface area contributed by atoms with Crippen molar-refractivity contribution in [3.63, 3.8) is 0 Å². The van der Waals surface area contributed by atoms with Crippen LogP contribution in [0.2, 0.25) is 0 Å². The van der Waals surface area contributed by atoms with E-state index in [2.05, 4.69) is 15.1 Å². The molecular weight excluding hydrogens is 354 g/mol. The zero-order chi connectivity index (χ0) is 19.5. The smallest absolute Gasteiger partial charge is 0.323 e. The predicted molar refractivity (Wildman–Crippen MR) is 107 cm³/mol. The molecule has 0 bridgehead atoms. The molecule has 7 nitrogen and oxygen atoms in total. The zero-order valence-corrected chi connectivity index (χ0v) is 16.3. The van der Waals surface area contributed by atoms with Crippen molar-refractivity contribution in [1.29, 1.82) is 0 Å². The molecule has 0 atom stereocenters. The van der Waals surface area contributed by atoms with Gasteiger partial charge in [0.05, 0.1) is 0 Å². The van der Waals surface area contributed by atoms with Gasteiger partial charge in [0, 0.05) is 45.2 Å². The van der Waals surface area contributed by atoms with Gasteiger partial charge in [-0.1, -0.05) is 29.4 Å². The van der Waals surface area contributed by atoms with Crippen molar-refractivity contribution in [2.24, 2.45) is 5.92 Å². The van der Waals surface area contributed by atoms with Gasteiger partial charge < -0.3 is 14.3 Å². The number of piperidine rings is 1. The lowest BCUT2D eigenvalue weighted by Crippen LogP contribution is -2.39. The van der Waals surface area contributed by atoms with Crippen LogP contribution in [0.4, 0.5) is 6.01 Å². The summed E-state index contributed by atoms with van der Waals surface area (Å²) in [6.07, 6.45) is 5.53. The Morgan fingerprint density at radius 2 is 2.00 bits per heavy atom. The molecule has 0 N–H and O–H groups in total. The van der Waals surface area contributed by atoms with Crippen molar-refractivity contribution in [1.82, 2.24) is 20.0 Å². The second-order valence-corrected chi connectivity index (χ2v) is 7.54. The summed E-state index contributed by atoms with van der Waals surface area (Å²) in [7, 11) is 3.77. The number of hydrogen-bond acceptors (Lipinski definition) is 6. The number of rotatable bonds is 5. The van der Waals surface area contributed by atoms with Crippen molar-refractivity contribution in [2.75, 3.05) is 32.1 Å². The van der Waals surface area contributed by atoms with Crippen LogP contribution >= 0.6 is 0 Å². The van der Waals surface area contributed by atoms with E-state index >= 15 is 0 Å². The van der Waals surface area contributed by atoms with Gasteiger partial charge in [0.25, 0.3) is 5.91 Å². The monoisotopic (exact) mass is 379 g/mol. The third-order valence-corrected chi connectivity index (χ3v) is 5.39. The van der Waals surface area contributed by atoms with E-state index in [1.807, 2.05) is 54.2 Å². The first-order chi connectivity index (χ1) is 13.6. The normalized spacial score (nSPS) is 15.1. The van der Waals surface area contributed by atoms with E-state index < -0.39 is 0 Å². The molecule has 0 radical (unpaired) electrons. The van der Waals surface area contributed by atoms with Crippen LogP contribution in [-0.4, -0.2) is 53.1 Å². The highest BCUT2D eigenvalue weighted by atomic mass is 16.5. The highest BCUT2D eigenvalue weighted by Gasteiger charge is 2.25. The summed E-state index contributed by atoms with van der Waals surface area (Å²) in [5, 5.41) is 6.00. The van der Waals surface area contributed by atoms with Gasteiger partial charge in [0.15, 0.2) is 5.82 Å². The molecule has 3 heterocycles. The third kappa shape index (κ3) is 3.83. The van der Waals surface area contributed by atoms with E-state index in [0.717, 1.165) is 55.4 Å². The van der Waals surface area contributed by atoms with Crippen LogP contribution in [0.5, 0.6) is 0 Å². The zero-order valence-electron chi connectivity index (χ0n) is 16.3. The second kappa shape index (κ2) is 7.96. The van der Waals surface area contributed by atoms with Crippen molar-refractivity contribution in [3.8, 4) is 0 Å². The number of carbonyl (C=O) groups is 1. The lowest BCUT2D eigenvalue weighted by atomic mass is 9.92. The van der Waals surface area contributed by atoms with Crippen LogP contribution in [0.15, 0.2) is 41.1 Å². The fourth-order valence-corrected chi connectivity index (χ4v) is 3.73. The summed E-state index contributed by atoms with van der Waals surface area (Å²) in [5.41, 5.74) is 0.555. The second-order valence-electron chi connectivity index (χ2n) is 7.54. The average molecular weight is 379 g/mol. The van der Waals surface area contributed by atoms with Gasteiger partial charge in [-0.2, -0.15) is 4.98 Å². The van der Waals surface area contributed by atoms with Crippen LogP contribution in [0.1, 0.15) is 35.6 Å². The molecule has 0 saturated carbocycles. The number of aromatic nitrogens is 3. The molecule has 7 heteroatoms. The third-order valence-electron chi connectivity index (χ3n) is 5.39. The van der Waals surface area contributed by atoms with Crippen LogP contribution in [0.3, 0.4) is 0 Å². The molecule has 1 fully saturated rings. The van der Waals surface area contributed by atoms with Gasteiger partial charge in [0.2, 0.25) is 0 Å². The van der Waals surface area contributed by atoms with E-state index in [-0.39, 0.29) is 5.91 Å². The first-order valence-electron chi connectivity index (χ1n) is 9.75. The van der Waals surface area contributed by atoms with Gasteiger partial charge in [0.1, 0.15) is 5.69 Å². The number of benzene rings is 1. The Bertz CT molecular complexity index is 955. The summed E-state index contributed by atoms with van der Waals surface area (Å²) in [5.74, 6) is 1.36. The van der Waals surface area contributed by atoms with Crippen molar-refractivity contribution in [2.45, 2.75) is 25.7 Å². The minimum Gasteiger partial charge on any atom is -0.337 e. The highest BCUT2D eigenvalue weighted by molar-refractivity contribution is 6.05. The first kappa shape index (κ1) is 18.4. The molecule has 28 heavy (non-hydrogen) atoms. The maximum atomic E-state index is 13.0. The molecule has 1 amide bonds. The largest absolute Gasteiger partial charge is 0.337 e. The first-order valence-corrected chi connectivity index (χ1v) is 9.75. The van der Waals surface area contributed by atoms with E-state index in [4.69, 9.17) is 4.52 Å². The number of likely N-dealkylation sites (tertiary alicyclic amines) is 1. The van der Waals surface area contributed by atoms with E-state index in [9.17, 15) is 4.79 Å². The summed E-state index contributed by atoms with van der Waals surface area (Å²) in [6, 6.07) is 10.4. The lowest BCUT2D eigenvalue weighted by molar-refractivity contribution is 0.0683. The molecule has 1 saturated heterocycles. The van der Waals surface area contributed by atoms with Crippen LogP contribution < -0.4 is 4.90 Å². The predicted octanol–water partition coefficient (Wildman–Crippen LogP) is 3.17. The van der Waals surface area contributed by atoms with Crippen molar-refractivity contribution in [3.05, 3.63) is 48.0 Å². The summed E-state index contributed by atoms with van der Waals surface area (Å²) >= 11 is 0. The number of aryl methyl sites for hydroxylation is 1. The molecule has 0 unspecified atom stereocenters. The molecule has 146 valence electrons. The Morgan fingerprint density at radius 1 is 1.21 bits per heavy atom. The molecule has 0 spiro atoms. The Hall–Kier alpha value is -2.96. The highest BCUT2D eigenvalue weighted by Crippen LogP contribution is 2.25. The quantitative estimate of drug-likeness (QED) is 0.678. The number of amides is 1. The summed E-state index contributed by atoms with van der Waals surface area (Å²) < 4.78 is 5.20. The van der Waals surface area contributed by atoms with E-state index in [1.165, 1.54) is 0 Å². The number of nitrogens with zero attached hydrogens (tertiary/aromatic N) is 5. The Kier molecular flexibility index (Phi) is 5.23. The number of carbonyl (C=O) groups excluding carboxylic acids is 1. The maximum Gasteiger partial charge on any atom is 0.323 e. The molecule has 4 rings (SSSR count). The Morgan fingerprint density at radius 3 is 2.75 bits per heavy atom. The van der Waals surface area contributed by atoms with Gasteiger partial charge in [-0.05, 0) is 36.6 Å². The van der Waals surface area contributed by atoms with E-state index in [1.54, 1.807) is 6.20 Å². The number of fused-ring (bicyclic) bond motifs is 1.